The molecule has 0 radical (unpaired) electrons. The second kappa shape index (κ2) is 40.7. The van der Waals surface area contributed by atoms with E-state index in [1.165, 1.54) is 122 Å². The Morgan fingerprint density at radius 1 is 0.500 bits per heavy atom. The Labute approximate surface area is 355 Å². The van der Waals surface area contributed by atoms with Crippen LogP contribution >= 0.6 is 0 Å². The van der Waals surface area contributed by atoms with E-state index >= 15 is 0 Å². The molecule has 0 aliphatic carbocycles. The van der Waals surface area contributed by atoms with Crippen molar-refractivity contribution in [1.29, 1.82) is 0 Å². The first-order valence-corrected chi connectivity index (χ1v) is 24.0. The third-order valence-electron chi connectivity index (χ3n) is 10.6. The van der Waals surface area contributed by atoms with Crippen LogP contribution in [0.5, 0.6) is 11.5 Å². The number of hydrogen-bond donors (Lipinski definition) is 0. The van der Waals surface area contributed by atoms with E-state index in [4.69, 9.17) is 18.9 Å². The minimum absolute atomic E-state index is 0.107. The number of esters is 2. The molecule has 332 valence electrons. The molecule has 0 N–H and O–H groups in total. The molecule has 0 fully saturated rings. The van der Waals surface area contributed by atoms with Gasteiger partial charge in [-0.25, -0.2) is 0 Å². The molecule has 1 atom stereocenters. The van der Waals surface area contributed by atoms with Gasteiger partial charge in [0.15, 0.2) is 0 Å². The Balaban J connectivity index is 2.24. The predicted octanol–water partition coefficient (Wildman–Crippen LogP) is 14.8. The molecule has 0 spiro atoms. The van der Waals surface area contributed by atoms with Gasteiger partial charge in [0.2, 0.25) is 0 Å². The Morgan fingerprint density at radius 3 is 1.48 bits per heavy atom. The summed E-state index contributed by atoms with van der Waals surface area (Å²) < 4.78 is 22.8. The first kappa shape index (κ1) is 52.9. The van der Waals surface area contributed by atoms with Crippen LogP contribution in [0.15, 0.2) is 42.5 Å². The molecule has 1 aromatic rings. The highest BCUT2D eigenvalue weighted by atomic mass is 16.5. The molecule has 0 saturated carbocycles. The number of carbonyl (C=O) groups excluding carboxylic acids is 3. The first-order chi connectivity index (χ1) is 28.5. The summed E-state index contributed by atoms with van der Waals surface area (Å²) in [4.78, 5) is 36.5. The monoisotopic (exact) mass is 811 g/mol. The van der Waals surface area contributed by atoms with Gasteiger partial charge in [-0.05, 0) is 69.4 Å². The Morgan fingerprint density at radius 2 is 0.948 bits per heavy atom. The largest absolute Gasteiger partial charge is 0.493 e. The van der Waals surface area contributed by atoms with Crippen LogP contribution in [0.3, 0.4) is 0 Å². The average Bonchev–Trinajstić information content (AvgIpc) is 3.22. The van der Waals surface area contributed by atoms with Crippen molar-refractivity contribution in [3.63, 3.8) is 0 Å². The van der Waals surface area contributed by atoms with E-state index in [-0.39, 0.29) is 11.9 Å². The molecule has 0 aromatic heterocycles. The number of rotatable bonds is 42. The summed E-state index contributed by atoms with van der Waals surface area (Å²) in [5.74, 6) is 1.20. The first-order valence-electron chi connectivity index (χ1n) is 24.0. The molecular formula is C51H86O7. The minimum Gasteiger partial charge on any atom is -0.493 e. The summed E-state index contributed by atoms with van der Waals surface area (Å²) in [6.07, 6.45) is 43.5. The third-order valence-corrected chi connectivity index (χ3v) is 10.6. The van der Waals surface area contributed by atoms with Gasteiger partial charge in [-0.2, -0.15) is 0 Å². The maximum Gasteiger partial charge on any atom is 0.306 e. The number of aldehydes is 1. The average molecular weight is 811 g/mol. The predicted molar refractivity (Wildman–Crippen MR) is 242 cm³/mol. The highest BCUT2D eigenvalue weighted by molar-refractivity contribution is 5.76. The van der Waals surface area contributed by atoms with E-state index in [1.807, 2.05) is 0 Å². The lowest BCUT2D eigenvalue weighted by Crippen LogP contribution is -2.14. The number of allylic oxidation sites excluding steroid dienone is 4. The van der Waals surface area contributed by atoms with Gasteiger partial charge in [0.25, 0.3) is 0 Å². The van der Waals surface area contributed by atoms with Gasteiger partial charge in [-0.1, -0.05) is 161 Å². The normalized spacial score (nSPS) is 12.0. The number of benzene rings is 1. The van der Waals surface area contributed by atoms with Crippen LogP contribution in [-0.2, 0) is 19.1 Å². The molecule has 0 bridgehead atoms. The number of unbranched alkanes of at least 4 members (excludes halogenated alkanes) is 19. The molecule has 7 nitrogen and oxygen atoms in total. The van der Waals surface area contributed by atoms with Crippen molar-refractivity contribution in [2.24, 2.45) is 5.92 Å². The Kier molecular flexibility index (Phi) is 37.1. The van der Waals surface area contributed by atoms with Gasteiger partial charge in [0.05, 0.1) is 26.4 Å². The molecule has 0 aliphatic rings. The van der Waals surface area contributed by atoms with Crippen LogP contribution in [0.4, 0.5) is 0 Å². The highest BCUT2D eigenvalue weighted by Crippen LogP contribution is 2.24. The zero-order valence-corrected chi connectivity index (χ0v) is 37.6. The SMILES string of the molecule is CCCCCC=CCC=CCCCCCCCC(=O)OCCCOc1cc(C=O)cc(OCCCOC(=O)CC(CCCCCCCC)CCCCCCCCC)c1. The van der Waals surface area contributed by atoms with Crippen LogP contribution in [-0.4, -0.2) is 44.7 Å². The summed E-state index contributed by atoms with van der Waals surface area (Å²) in [6, 6.07) is 5.11. The molecule has 0 aliphatic heterocycles. The molecule has 0 amide bonds. The van der Waals surface area contributed by atoms with Gasteiger partial charge < -0.3 is 18.9 Å². The lowest BCUT2D eigenvalue weighted by atomic mass is 9.91. The van der Waals surface area contributed by atoms with Crippen LogP contribution in [0.1, 0.15) is 224 Å². The second-order valence-corrected chi connectivity index (χ2v) is 16.2. The standard InChI is InChI=1S/C51H86O7/c1-4-7-10-13-16-17-18-19-20-21-22-23-25-28-31-36-50(53)57-39-32-37-55-48-41-47(45-52)42-49(44-48)56-38-33-40-58-51(54)43-46(34-29-26-15-12-9-6-3)35-30-27-24-14-11-8-5-2/h16-17,19-20,41-42,44-46H,4-15,18,21-40,43H2,1-3H3. The number of ether oxygens (including phenoxy) is 4. The van der Waals surface area contributed by atoms with Gasteiger partial charge in [0.1, 0.15) is 17.8 Å². The molecule has 0 heterocycles. The van der Waals surface area contributed by atoms with E-state index in [2.05, 4.69) is 45.1 Å². The van der Waals surface area contributed by atoms with Crippen LogP contribution < -0.4 is 9.47 Å². The molecule has 7 heteroatoms. The second-order valence-electron chi connectivity index (χ2n) is 16.2. The lowest BCUT2D eigenvalue weighted by Gasteiger charge is -2.16. The van der Waals surface area contributed by atoms with Gasteiger partial charge in [-0.15, -0.1) is 0 Å². The molecule has 1 unspecified atom stereocenters. The van der Waals surface area contributed by atoms with E-state index in [9.17, 15) is 14.4 Å². The topological polar surface area (TPSA) is 88.1 Å². The number of carbonyl (C=O) groups is 3. The fourth-order valence-corrected chi connectivity index (χ4v) is 7.10. The van der Waals surface area contributed by atoms with Gasteiger partial charge in [0, 0.05) is 37.3 Å². The quantitative estimate of drug-likeness (QED) is 0.0281. The summed E-state index contributed by atoms with van der Waals surface area (Å²) in [7, 11) is 0. The summed E-state index contributed by atoms with van der Waals surface area (Å²) >= 11 is 0. The van der Waals surface area contributed by atoms with Crippen molar-refractivity contribution >= 4 is 18.2 Å². The van der Waals surface area contributed by atoms with Crippen LogP contribution in [0.2, 0.25) is 0 Å². The third kappa shape index (κ3) is 33.8. The molecule has 0 saturated heterocycles. The molecule has 58 heavy (non-hydrogen) atoms. The Bertz CT molecular complexity index is 1180. The number of hydrogen-bond acceptors (Lipinski definition) is 7. The maximum absolute atomic E-state index is 12.8. The maximum atomic E-state index is 12.8. The molecular weight excluding hydrogens is 725 g/mol. The van der Waals surface area contributed by atoms with Crippen LogP contribution in [0, 0.1) is 5.92 Å². The van der Waals surface area contributed by atoms with E-state index in [0.717, 1.165) is 51.2 Å². The van der Waals surface area contributed by atoms with Crippen molar-refractivity contribution < 1.29 is 33.3 Å². The lowest BCUT2D eigenvalue weighted by molar-refractivity contribution is -0.145. The van der Waals surface area contributed by atoms with Crippen molar-refractivity contribution in [2.45, 2.75) is 213 Å². The van der Waals surface area contributed by atoms with Crippen molar-refractivity contribution in [3.8, 4) is 11.5 Å². The summed E-state index contributed by atoms with van der Waals surface area (Å²) in [6.45, 7) is 8.06. The Hall–Kier alpha value is -3.09. The zero-order valence-electron chi connectivity index (χ0n) is 37.6. The minimum atomic E-state index is -0.161. The van der Waals surface area contributed by atoms with Crippen molar-refractivity contribution in [1.82, 2.24) is 0 Å². The van der Waals surface area contributed by atoms with Crippen molar-refractivity contribution in [2.75, 3.05) is 26.4 Å². The highest BCUT2D eigenvalue weighted by Gasteiger charge is 2.15. The van der Waals surface area contributed by atoms with Gasteiger partial charge in [-0.3, -0.25) is 14.4 Å². The zero-order chi connectivity index (χ0) is 42.0. The van der Waals surface area contributed by atoms with Crippen LogP contribution in [0.25, 0.3) is 0 Å². The smallest absolute Gasteiger partial charge is 0.306 e. The summed E-state index contributed by atoms with van der Waals surface area (Å²) in [5, 5.41) is 0. The van der Waals surface area contributed by atoms with Crippen molar-refractivity contribution in [3.05, 3.63) is 48.1 Å². The molecule has 1 aromatic carbocycles. The van der Waals surface area contributed by atoms with E-state index in [0.29, 0.717) is 75.1 Å². The fourth-order valence-electron chi connectivity index (χ4n) is 7.10. The van der Waals surface area contributed by atoms with Gasteiger partial charge >= 0.3 is 11.9 Å². The van der Waals surface area contributed by atoms with E-state index < -0.39 is 0 Å². The van der Waals surface area contributed by atoms with E-state index in [1.54, 1.807) is 18.2 Å². The molecule has 1 rings (SSSR count). The summed E-state index contributed by atoms with van der Waals surface area (Å²) in [5.41, 5.74) is 0.458. The fraction of sp³-hybridized carbons (Fsp3) is 0.745.